The summed E-state index contributed by atoms with van der Waals surface area (Å²) in [5.74, 6) is 0.780. The van der Waals surface area contributed by atoms with Crippen LogP contribution in [-0.4, -0.2) is 62.4 Å². The number of carbonyl (C=O) groups excluding carboxylic acids is 1. The molecule has 2 aromatic heterocycles. The molecule has 202 valence electrons. The van der Waals surface area contributed by atoms with Crippen molar-refractivity contribution in [3.05, 3.63) is 70.8 Å². The number of amides is 1. The molecule has 0 saturated carbocycles. The number of hydrogen-bond donors (Lipinski definition) is 0. The molecule has 1 amide bonds. The SMILES string of the molecule is CC(=O)N1CCN(c2ncc(-c3ccc4c(=O)n5n(c4c3)[C@@H](c3ccccc3OC(F)F)CC5)cn2)C[C@H]1C. The number of alkyl halides is 2. The fourth-order valence-corrected chi connectivity index (χ4v) is 5.85. The minimum absolute atomic E-state index is 0.0670. The Labute approximate surface area is 223 Å². The molecule has 1 fully saturated rings. The van der Waals surface area contributed by atoms with E-state index in [1.807, 2.05) is 28.6 Å². The van der Waals surface area contributed by atoms with Gasteiger partial charge in [-0.05, 0) is 37.1 Å². The van der Waals surface area contributed by atoms with E-state index in [-0.39, 0.29) is 29.3 Å². The van der Waals surface area contributed by atoms with Gasteiger partial charge in [0.15, 0.2) is 0 Å². The number of benzene rings is 2. The molecule has 0 spiro atoms. The summed E-state index contributed by atoms with van der Waals surface area (Å²) in [6.07, 6.45) is 4.11. The maximum absolute atomic E-state index is 13.2. The Hall–Kier alpha value is -4.28. The number of para-hydroxylation sites is 1. The number of ether oxygens (including phenoxy) is 1. The van der Waals surface area contributed by atoms with Crippen molar-refractivity contribution >= 4 is 22.8 Å². The molecule has 0 unspecified atom stereocenters. The summed E-state index contributed by atoms with van der Waals surface area (Å²) < 4.78 is 34.5. The lowest BCUT2D eigenvalue weighted by Crippen LogP contribution is -2.53. The van der Waals surface area contributed by atoms with E-state index in [1.54, 1.807) is 48.3 Å². The van der Waals surface area contributed by atoms with Crippen molar-refractivity contribution in [2.24, 2.45) is 0 Å². The Morgan fingerprint density at radius 1 is 1.05 bits per heavy atom. The van der Waals surface area contributed by atoms with Crippen molar-refractivity contribution in [3.63, 3.8) is 0 Å². The Bertz CT molecular complexity index is 1600. The summed E-state index contributed by atoms with van der Waals surface area (Å²) in [4.78, 5) is 38.1. The molecular weight excluding hydrogens is 506 g/mol. The van der Waals surface area contributed by atoms with E-state index in [4.69, 9.17) is 4.74 Å². The van der Waals surface area contributed by atoms with Gasteiger partial charge in [-0.2, -0.15) is 8.78 Å². The molecule has 1 saturated heterocycles. The van der Waals surface area contributed by atoms with Gasteiger partial charge in [-0.1, -0.05) is 24.3 Å². The number of carbonyl (C=O) groups is 1. The molecule has 6 rings (SSSR count). The van der Waals surface area contributed by atoms with Gasteiger partial charge in [0, 0.05) is 62.7 Å². The molecule has 9 nitrogen and oxygen atoms in total. The summed E-state index contributed by atoms with van der Waals surface area (Å²) in [5, 5.41) is 0.561. The first-order valence-corrected chi connectivity index (χ1v) is 12.9. The Morgan fingerprint density at radius 3 is 2.54 bits per heavy atom. The molecule has 2 atom stereocenters. The van der Waals surface area contributed by atoms with E-state index in [1.165, 1.54) is 6.07 Å². The average molecular weight is 535 g/mol. The zero-order valence-corrected chi connectivity index (χ0v) is 21.6. The number of nitrogens with zero attached hydrogens (tertiary/aromatic N) is 6. The van der Waals surface area contributed by atoms with Gasteiger partial charge >= 0.3 is 6.61 Å². The van der Waals surface area contributed by atoms with Crippen molar-refractivity contribution in [2.75, 3.05) is 24.5 Å². The number of rotatable bonds is 5. The highest BCUT2D eigenvalue weighted by Gasteiger charge is 2.31. The van der Waals surface area contributed by atoms with Crippen LogP contribution in [0.5, 0.6) is 5.75 Å². The van der Waals surface area contributed by atoms with Crippen LogP contribution >= 0.6 is 0 Å². The van der Waals surface area contributed by atoms with Crippen LogP contribution in [-0.2, 0) is 11.3 Å². The van der Waals surface area contributed by atoms with Gasteiger partial charge in [0.05, 0.1) is 16.9 Å². The maximum atomic E-state index is 13.2. The van der Waals surface area contributed by atoms with Crippen molar-refractivity contribution in [3.8, 4) is 16.9 Å². The molecule has 39 heavy (non-hydrogen) atoms. The smallest absolute Gasteiger partial charge is 0.387 e. The molecule has 0 N–H and O–H groups in total. The van der Waals surface area contributed by atoms with Gasteiger partial charge in [-0.15, -0.1) is 0 Å². The molecule has 2 aromatic carbocycles. The first-order chi connectivity index (χ1) is 18.8. The molecule has 0 bridgehead atoms. The van der Waals surface area contributed by atoms with Crippen molar-refractivity contribution < 1.29 is 18.3 Å². The molecule has 4 heterocycles. The van der Waals surface area contributed by atoms with Crippen LogP contribution in [0.2, 0.25) is 0 Å². The second-order valence-corrected chi connectivity index (χ2v) is 10.0. The van der Waals surface area contributed by atoms with Crippen LogP contribution in [0.3, 0.4) is 0 Å². The number of piperazine rings is 1. The first-order valence-electron chi connectivity index (χ1n) is 12.9. The van der Waals surface area contributed by atoms with Gasteiger partial charge in [0.1, 0.15) is 5.75 Å². The fraction of sp³-hybridized carbons (Fsp3) is 0.357. The van der Waals surface area contributed by atoms with Crippen LogP contribution in [0.4, 0.5) is 14.7 Å². The predicted molar refractivity (Wildman–Crippen MR) is 142 cm³/mol. The van der Waals surface area contributed by atoms with E-state index in [2.05, 4.69) is 14.9 Å². The monoisotopic (exact) mass is 534 g/mol. The van der Waals surface area contributed by atoms with Crippen molar-refractivity contribution in [1.82, 2.24) is 24.2 Å². The summed E-state index contributed by atoms with van der Waals surface area (Å²) in [6, 6.07) is 12.1. The zero-order chi connectivity index (χ0) is 27.3. The zero-order valence-electron chi connectivity index (χ0n) is 21.6. The minimum Gasteiger partial charge on any atom is -0.434 e. The van der Waals surface area contributed by atoms with E-state index in [9.17, 15) is 18.4 Å². The van der Waals surface area contributed by atoms with Gasteiger partial charge in [-0.3, -0.25) is 14.3 Å². The van der Waals surface area contributed by atoms with Gasteiger partial charge < -0.3 is 14.5 Å². The third kappa shape index (κ3) is 4.41. The minimum atomic E-state index is -2.94. The summed E-state index contributed by atoms with van der Waals surface area (Å²) in [7, 11) is 0. The topological polar surface area (TPSA) is 85.5 Å². The second-order valence-electron chi connectivity index (χ2n) is 10.0. The molecule has 2 aliphatic rings. The number of aromatic nitrogens is 4. The molecule has 4 aromatic rings. The predicted octanol–water partition coefficient (Wildman–Crippen LogP) is 3.91. The summed E-state index contributed by atoms with van der Waals surface area (Å²) in [6.45, 7) is 3.08. The Balaban J connectivity index is 1.32. The summed E-state index contributed by atoms with van der Waals surface area (Å²) >= 11 is 0. The van der Waals surface area contributed by atoms with E-state index in [0.717, 1.165) is 11.1 Å². The van der Waals surface area contributed by atoms with E-state index >= 15 is 0 Å². The van der Waals surface area contributed by atoms with Crippen LogP contribution in [0, 0.1) is 0 Å². The highest BCUT2D eigenvalue weighted by Crippen LogP contribution is 2.37. The van der Waals surface area contributed by atoms with Crippen molar-refractivity contribution in [1.29, 1.82) is 0 Å². The maximum Gasteiger partial charge on any atom is 0.387 e. The van der Waals surface area contributed by atoms with Crippen LogP contribution in [0.25, 0.3) is 22.0 Å². The van der Waals surface area contributed by atoms with Crippen LogP contribution in [0.1, 0.15) is 31.9 Å². The quantitative estimate of drug-likeness (QED) is 0.386. The lowest BCUT2D eigenvalue weighted by molar-refractivity contribution is -0.131. The third-order valence-electron chi connectivity index (χ3n) is 7.66. The first kappa shape index (κ1) is 25.0. The van der Waals surface area contributed by atoms with Crippen LogP contribution in [0.15, 0.2) is 59.7 Å². The van der Waals surface area contributed by atoms with E-state index in [0.29, 0.717) is 55.0 Å². The number of hydrogen-bond acceptors (Lipinski definition) is 6. The van der Waals surface area contributed by atoms with Crippen LogP contribution < -0.4 is 15.2 Å². The van der Waals surface area contributed by atoms with E-state index < -0.39 is 6.61 Å². The van der Waals surface area contributed by atoms with Gasteiger partial charge in [-0.25, -0.2) is 14.6 Å². The fourth-order valence-electron chi connectivity index (χ4n) is 5.85. The molecule has 0 radical (unpaired) electrons. The largest absolute Gasteiger partial charge is 0.434 e. The van der Waals surface area contributed by atoms with Gasteiger partial charge in [0.25, 0.3) is 5.56 Å². The standard InChI is InChI=1S/C28H28F2N6O3/c1-17-16-33(11-12-34(17)18(2)37)28-31-14-20(15-32-28)19-7-8-22-24(13-19)36-23(9-10-35(36)26(22)38)21-5-3-4-6-25(21)39-27(29)30/h3-8,13-15,17,23,27H,9-12,16H2,1-2H3/t17-,23-/m1/s1. The summed E-state index contributed by atoms with van der Waals surface area (Å²) in [5.41, 5.74) is 2.84. The normalized spacial score (nSPS) is 19.1. The third-order valence-corrected chi connectivity index (χ3v) is 7.66. The number of halogens is 2. The Kier molecular flexibility index (Phi) is 6.28. The number of fused-ring (bicyclic) bond motifs is 3. The Morgan fingerprint density at radius 2 is 1.82 bits per heavy atom. The average Bonchev–Trinajstić information content (AvgIpc) is 3.48. The highest BCUT2D eigenvalue weighted by atomic mass is 19.3. The van der Waals surface area contributed by atoms with Crippen molar-refractivity contribution in [2.45, 2.75) is 45.5 Å². The lowest BCUT2D eigenvalue weighted by atomic mass is 10.0. The molecule has 2 aliphatic heterocycles. The second kappa shape index (κ2) is 9.79. The highest BCUT2D eigenvalue weighted by molar-refractivity contribution is 5.84. The molecular formula is C28H28F2N6O3. The lowest BCUT2D eigenvalue weighted by Gasteiger charge is -2.39. The molecule has 0 aliphatic carbocycles. The molecule has 11 heteroatoms. The number of anilines is 1. The van der Waals surface area contributed by atoms with Gasteiger partial charge in [0.2, 0.25) is 11.9 Å².